The number of carbonyl (C=O) groups excluding carboxylic acids is 1. The molecule has 5 heteroatoms. The average Bonchev–Trinajstić information content (AvgIpc) is 2.82. The smallest absolute Gasteiger partial charge is 0.266 e. The van der Waals surface area contributed by atoms with Crippen molar-refractivity contribution in [2.75, 3.05) is 6.54 Å². The molecule has 1 unspecified atom stereocenters. The van der Waals surface area contributed by atoms with Gasteiger partial charge < -0.3 is 4.90 Å². The molecule has 0 bridgehead atoms. The van der Waals surface area contributed by atoms with E-state index in [4.69, 9.17) is 4.98 Å². The molecule has 3 rings (SSSR count). The number of rotatable bonds is 11. The van der Waals surface area contributed by atoms with Crippen LogP contribution in [0.5, 0.6) is 0 Å². The minimum atomic E-state index is -0.258. The van der Waals surface area contributed by atoms with Gasteiger partial charge in [-0.05, 0) is 43.5 Å². The molecule has 1 heterocycles. The number of hydrogen-bond donors (Lipinski definition) is 0. The van der Waals surface area contributed by atoms with Gasteiger partial charge in [-0.3, -0.25) is 14.2 Å². The Bertz CT molecular complexity index is 1080. The molecule has 3 aromatic rings. The fraction of sp³-hybridized carbons (Fsp3) is 0.444. The largest absolute Gasteiger partial charge is 0.333 e. The van der Waals surface area contributed by atoms with Gasteiger partial charge in [-0.2, -0.15) is 0 Å². The van der Waals surface area contributed by atoms with E-state index in [-0.39, 0.29) is 17.5 Å². The van der Waals surface area contributed by atoms with E-state index in [0.717, 1.165) is 37.8 Å². The van der Waals surface area contributed by atoms with Crippen molar-refractivity contribution in [2.24, 2.45) is 0 Å². The van der Waals surface area contributed by atoms with Crippen LogP contribution in [0.4, 0.5) is 0 Å². The minimum absolute atomic E-state index is 0.0953. The summed E-state index contributed by atoms with van der Waals surface area (Å²) in [5.41, 5.74) is 1.35. The molecule has 5 nitrogen and oxygen atoms in total. The first-order chi connectivity index (χ1) is 15.6. The number of aromatic nitrogens is 2. The summed E-state index contributed by atoms with van der Waals surface area (Å²) >= 11 is 0. The van der Waals surface area contributed by atoms with Crippen molar-refractivity contribution in [1.82, 2.24) is 14.5 Å². The van der Waals surface area contributed by atoms with Crippen LogP contribution in [-0.4, -0.2) is 26.9 Å². The maximum absolute atomic E-state index is 13.6. The third-order valence-corrected chi connectivity index (χ3v) is 5.91. The highest BCUT2D eigenvalue weighted by atomic mass is 16.2. The fourth-order valence-electron chi connectivity index (χ4n) is 4.28. The molecule has 2 aromatic carbocycles. The highest BCUT2D eigenvalue weighted by Gasteiger charge is 2.28. The molecule has 0 aliphatic heterocycles. The summed E-state index contributed by atoms with van der Waals surface area (Å²) in [6.45, 7) is 6.98. The van der Waals surface area contributed by atoms with Crippen LogP contribution in [0.15, 0.2) is 59.4 Å². The van der Waals surface area contributed by atoms with E-state index >= 15 is 0 Å². The van der Waals surface area contributed by atoms with Crippen LogP contribution in [-0.2, 0) is 4.79 Å². The highest BCUT2D eigenvalue weighted by molar-refractivity contribution is 5.79. The third-order valence-electron chi connectivity index (χ3n) is 5.91. The van der Waals surface area contributed by atoms with Crippen molar-refractivity contribution in [2.45, 2.75) is 71.8 Å². The zero-order valence-corrected chi connectivity index (χ0v) is 19.6. The Morgan fingerprint density at radius 2 is 1.66 bits per heavy atom. The topological polar surface area (TPSA) is 55.2 Å². The zero-order chi connectivity index (χ0) is 22.9. The Hall–Kier alpha value is -2.95. The molecule has 0 aliphatic carbocycles. The Morgan fingerprint density at radius 1 is 0.938 bits per heavy atom. The molecule has 32 heavy (non-hydrogen) atoms. The summed E-state index contributed by atoms with van der Waals surface area (Å²) in [6, 6.07) is 16.8. The van der Waals surface area contributed by atoms with E-state index < -0.39 is 0 Å². The summed E-state index contributed by atoms with van der Waals surface area (Å²) in [6.07, 6.45) is 6.37. The van der Waals surface area contributed by atoms with Crippen molar-refractivity contribution in [3.8, 4) is 5.69 Å². The fourth-order valence-corrected chi connectivity index (χ4v) is 4.28. The standard InChI is InChI=1S/C27H35N3O2/c1-4-7-8-12-19-25(31)29(20-5-2)24(6-3)26-28-23-18-14-13-17-22(23)27(32)30(26)21-15-10-9-11-16-21/h9-11,13-18,24H,4-8,12,19-20H2,1-3H3. The van der Waals surface area contributed by atoms with Gasteiger partial charge in [-0.15, -0.1) is 0 Å². The normalized spacial score (nSPS) is 12.1. The predicted molar refractivity (Wildman–Crippen MR) is 131 cm³/mol. The van der Waals surface area contributed by atoms with Crippen molar-refractivity contribution >= 4 is 16.8 Å². The number of nitrogens with zero attached hydrogens (tertiary/aromatic N) is 3. The molecule has 0 saturated heterocycles. The highest BCUT2D eigenvalue weighted by Crippen LogP contribution is 2.27. The zero-order valence-electron chi connectivity index (χ0n) is 19.6. The first-order valence-corrected chi connectivity index (χ1v) is 12.0. The Kier molecular flexibility index (Phi) is 8.60. The summed E-state index contributed by atoms with van der Waals surface area (Å²) in [5.74, 6) is 0.787. The van der Waals surface area contributed by atoms with E-state index in [2.05, 4.69) is 20.8 Å². The van der Waals surface area contributed by atoms with Crippen molar-refractivity contribution in [3.63, 3.8) is 0 Å². The number of carbonyl (C=O) groups is 1. The molecule has 0 radical (unpaired) electrons. The van der Waals surface area contributed by atoms with E-state index in [1.165, 1.54) is 0 Å². The van der Waals surface area contributed by atoms with E-state index in [9.17, 15) is 9.59 Å². The van der Waals surface area contributed by atoms with Gasteiger partial charge in [0.05, 0.1) is 22.6 Å². The molecule has 1 atom stereocenters. The van der Waals surface area contributed by atoms with Crippen LogP contribution in [0.25, 0.3) is 16.6 Å². The van der Waals surface area contributed by atoms with Gasteiger partial charge in [0, 0.05) is 13.0 Å². The van der Waals surface area contributed by atoms with Crippen LogP contribution in [0, 0.1) is 0 Å². The van der Waals surface area contributed by atoms with E-state index in [0.29, 0.717) is 36.1 Å². The van der Waals surface area contributed by atoms with Gasteiger partial charge >= 0.3 is 0 Å². The van der Waals surface area contributed by atoms with Gasteiger partial charge in [0.25, 0.3) is 5.56 Å². The molecular weight excluding hydrogens is 398 g/mol. The van der Waals surface area contributed by atoms with Crippen LogP contribution < -0.4 is 5.56 Å². The SMILES string of the molecule is CCCCCCC(=O)N(CCC)C(CC)c1nc2ccccc2c(=O)n1-c1ccccc1. The van der Waals surface area contributed by atoms with Gasteiger partial charge in [-0.25, -0.2) is 4.98 Å². The molecule has 1 amide bonds. The molecule has 0 aliphatic rings. The Labute approximate surface area is 191 Å². The van der Waals surface area contributed by atoms with Gasteiger partial charge in [0.1, 0.15) is 5.82 Å². The summed E-state index contributed by atoms with van der Waals surface area (Å²) in [7, 11) is 0. The number of hydrogen-bond acceptors (Lipinski definition) is 3. The molecule has 0 N–H and O–H groups in total. The van der Waals surface area contributed by atoms with Crippen LogP contribution >= 0.6 is 0 Å². The Balaban J connectivity index is 2.11. The van der Waals surface area contributed by atoms with Crippen molar-refractivity contribution < 1.29 is 4.79 Å². The molecule has 0 saturated carbocycles. The molecular formula is C27H35N3O2. The second-order valence-corrected chi connectivity index (χ2v) is 8.29. The van der Waals surface area contributed by atoms with Crippen molar-refractivity contribution in [3.05, 3.63) is 70.8 Å². The summed E-state index contributed by atoms with van der Waals surface area (Å²) < 4.78 is 1.70. The first kappa shape index (κ1) is 23.7. The summed E-state index contributed by atoms with van der Waals surface area (Å²) in [4.78, 5) is 33.8. The van der Waals surface area contributed by atoms with Gasteiger partial charge in [0.15, 0.2) is 0 Å². The lowest BCUT2D eigenvalue weighted by Crippen LogP contribution is -2.39. The van der Waals surface area contributed by atoms with E-state index in [1.54, 1.807) is 4.57 Å². The Morgan fingerprint density at radius 3 is 2.34 bits per heavy atom. The average molecular weight is 434 g/mol. The maximum atomic E-state index is 13.6. The lowest BCUT2D eigenvalue weighted by Gasteiger charge is -2.32. The number of para-hydroxylation sites is 2. The third kappa shape index (κ3) is 5.26. The second-order valence-electron chi connectivity index (χ2n) is 8.29. The number of unbranched alkanes of at least 4 members (excludes halogenated alkanes) is 3. The lowest BCUT2D eigenvalue weighted by atomic mass is 10.1. The maximum Gasteiger partial charge on any atom is 0.266 e. The molecule has 1 aromatic heterocycles. The minimum Gasteiger partial charge on any atom is -0.333 e. The van der Waals surface area contributed by atoms with Gasteiger partial charge in [0.2, 0.25) is 5.91 Å². The quantitative estimate of drug-likeness (QED) is 0.346. The number of fused-ring (bicyclic) bond motifs is 1. The molecule has 0 fully saturated rings. The van der Waals surface area contributed by atoms with Crippen LogP contribution in [0.2, 0.25) is 0 Å². The van der Waals surface area contributed by atoms with Crippen LogP contribution in [0.1, 0.15) is 77.6 Å². The summed E-state index contributed by atoms with van der Waals surface area (Å²) in [5, 5.41) is 0.586. The van der Waals surface area contributed by atoms with E-state index in [1.807, 2.05) is 59.5 Å². The number of benzene rings is 2. The molecule has 0 spiro atoms. The molecule has 170 valence electrons. The van der Waals surface area contributed by atoms with Crippen LogP contribution in [0.3, 0.4) is 0 Å². The number of amides is 1. The van der Waals surface area contributed by atoms with Crippen molar-refractivity contribution in [1.29, 1.82) is 0 Å². The van der Waals surface area contributed by atoms with Gasteiger partial charge in [-0.1, -0.05) is 70.4 Å². The first-order valence-electron chi connectivity index (χ1n) is 12.0. The lowest BCUT2D eigenvalue weighted by molar-refractivity contribution is -0.134. The predicted octanol–water partition coefficient (Wildman–Crippen LogP) is 6.05. The monoisotopic (exact) mass is 433 g/mol. The second kappa shape index (κ2) is 11.6.